The van der Waals surface area contributed by atoms with Gasteiger partial charge in [0.1, 0.15) is 5.82 Å². The van der Waals surface area contributed by atoms with Crippen LogP contribution < -0.4 is 10.2 Å². The molecule has 1 aliphatic rings. The molecule has 0 spiro atoms. The second-order valence-corrected chi connectivity index (χ2v) is 6.38. The molecule has 0 amide bonds. The minimum absolute atomic E-state index is 0.214. The Morgan fingerprint density at radius 3 is 2.76 bits per heavy atom. The van der Waals surface area contributed by atoms with E-state index in [1.54, 1.807) is 12.1 Å². The minimum Gasteiger partial charge on any atom is -0.344 e. The molecule has 1 saturated carbocycles. The van der Waals surface area contributed by atoms with Crippen LogP contribution in [0.2, 0.25) is 0 Å². The molecule has 1 aliphatic carbocycles. The van der Waals surface area contributed by atoms with Crippen molar-refractivity contribution in [2.75, 3.05) is 11.9 Å². The summed E-state index contributed by atoms with van der Waals surface area (Å²) in [7, 11) is 1.97. The minimum atomic E-state index is -0.214. The van der Waals surface area contributed by atoms with Crippen LogP contribution in [0.15, 0.2) is 46.9 Å². The fourth-order valence-corrected chi connectivity index (χ4v) is 2.80. The van der Waals surface area contributed by atoms with E-state index in [2.05, 4.69) is 33.4 Å². The molecule has 2 aromatic carbocycles. The summed E-state index contributed by atoms with van der Waals surface area (Å²) in [6.45, 7) is 0.832. The Hall–Kier alpha value is -1.39. The maximum Gasteiger partial charge on any atom is 0.125 e. The zero-order valence-electron chi connectivity index (χ0n) is 11.9. The van der Waals surface area contributed by atoms with Crippen molar-refractivity contribution in [2.24, 2.45) is 0 Å². The third-order valence-corrected chi connectivity index (χ3v) is 4.25. The Morgan fingerprint density at radius 2 is 2.05 bits per heavy atom. The summed E-state index contributed by atoms with van der Waals surface area (Å²) < 4.78 is 14.5. The summed E-state index contributed by atoms with van der Waals surface area (Å²) >= 11 is 3.53. The molecule has 0 bridgehead atoms. The van der Waals surface area contributed by atoms with Gasteiger partial charge in [-0.15, -0.1) is 0 Å². The summed E-state index contributed by atoms with van der Waals surface area (Å²) in [6.07, 6.45) is 2.53. The molecule has 3 rings (SSSR count). The summed E-state index contributed by atoms with van der Waals surface area (Å²) in [6, 6.07) is 13.6. The average Bonchev–Trinajstić information content (AvgIpc) is 3.29. The van der Waals surface area contributed by atoms with Crippen LogP contribution in [-0.4, -0.2) is 13.1 Å². The Balaban J connectivity index is 1.88. The summed E-state index contributed by atoms with van der Waals surface area (Å²) in [5, 5.41) is 3.54. The van der Waals surface area contributed by atoms with Gasteiger partial charge in [-0.2, -0.15) is 0 Å². The van der Waals surface area contributed by atoms with Crippen LogP contribution in [0.3, 0.4) is 0 Å². The van der Waals surface area contributed by atoms with Gasteiger partial charge < -0.3 is 10.2 Å². The fourth-order valence-electron chi connectivity index (χ4n) is 2.39. The van der Waals surface area contributed by atoms with E-state index in [0.29, 0.717) is 6.04 Å². The third-order valence-electron chi connectivity index (χ3n) is 3.76. The Kier molecular flexibility index (Phi) is 4.27. The van der Waals surface area contributed by atoms with Crippen molar-refractivity contribution in [2.45, 2.75) is 25.4 Å². The van der Waals surface area contributed by atoms with E-state index in [9.17, 15) is 4.39 Å². The van der Waals surface area contributed by atoms with Crippen molar-refractivity contribution in [3.63, 3.8) is 0 Å². The van der Waals surface area contributed by atoms with Crippen LogP contribution in [0, 0.1) is 5.82 Å². The fraction of sp³-hybridized carbons (Fsp3) is 0.294. The van der Waals surface area contributed by atoms with Gasteiger partial charge in [0.2, 0.25) is 0 Å². The lowest BCUT2D eigenvalue weighted by molar-refractivity contribution is 0.628. The smallest absolute Gasteiger partial charge is 0.125 e. The van der Waals surface area contributed by atoms with Crippen molar-refractivity contribution >= 4 is 27.3 Å². The maximum atomic E-state index is 13.4. The van der Waals surface area contributed by atoms with Crippen LogP contribution in [0.4, 0.5) is 15.8 Å². The molecule has 0 atom stereocenters. The summed E-state index contributed by atoms with van der Waals surface area (Å²) in [4.78, 5) is 2.03. The van der Waals surface area contributed by atoms with Crippen molar-refractivity contribution in [1.29, 1.82) is 0 Å². The Bertz CT molecular complexity index is 640. The predicted octanol–water partition coefficient (Wildman–Crippen LogP) is 4.61. The zero-order valence-corrected chi connectivity index (χ0v) is 13.5. The first-order valence-electron chi connectivity index (χ1n) is 7.14. The van der Waals surface area contributed by atoms with Crippen molar-refractivity contribution in [1.82, 2.24) is 5.32 Å². The second kappa shape index (κ2) is 6.16. The molecule has 0 aliphatic heterocycles. The molecule has 0 aromatic heterocycles. The van der Waals surface area contributed by atoms with E-state index < -0.39 is 0 Å². The van der Waals surface area contributed by atoms with Crippen LogP contribution in [0.5, 0.6) is 0 Å². The molecule has 2 aromatic rings. The van der Waals surface area contributed by atoms with Crippen molar-refractivity contribution < 1.29 is 4.39 Å². The number of halogens is 2. The molecule has 110 valence electrons. The highest BCUT2D eigenvalue weighted by Crippen LogP contribution is 2.30. The second-order valence-electron chi connectivity index (χ2n) is 5.47. The van der Waals surface area contributed by atoms with E-state index in [1.165, 1.54) is 24.5 Å². The average molecular weight is 349 g/mol. The highest BCUT2D eigenvalue weighted by atomic mass is 79.9. The van der Waals surface area contributed by atoms with Gasteiger partial charge in [0.05, 0.1) is 0 Å². The van der Waals surface area contributed by atoms with E-state index in [0.717, 1.165) is 22.4 Å². The number of hydrogen-bond donors (Lipinski definition) is 1. The molecule has 0 saturated heterocycles. The van der Waals surface area contributed by atoms with Gasteiger partial charge in [-0.25, -0.2) is 4.39 Å². The Labute approximate surface area is 133 Å². The number of nitrogens with zero attached hydrogens (tertiary/aromatic N) is 1. The van der Waals surface area contributed by atoms with Gasteiger partial charge in [0, 0.05) is 35.5 Å². The quantitative estimate of drug-likeness (QED) is 0.848. The molecule has 4 heteroatoms. The monoisotopic (exact) mass is 348 g/mol. The maximum absolute atomic E-state index is 13.4. The summed E-state index contributed by atoms with van der Waals surface area (Å²) in [5.74, 6) is -0.214. The van der Waals surface area contributed by atoms with Gasteiger partial charge in [-0.3, -0.25) is 0 Å². The predicted molar refractivity (Wildman–Crippen MR) is 88.5 cm³/mol. The topological polar surface area (TPSA) is 15.3 Å². The lowest BCUT2D eigenvalue weighted by Gasteiger charge is -2.23. The number of hydrogen-bond acceptors (Lipinski definition) is 2. The van der Waals surface area contributed by atoms with Crippen LogP contribution in [0.1, 0.15) is 18.4 Å². The molecular weight excluding hydrogens is 331 g/mol. The van der Waals surface area contributed by atoms with Gasteiger partial charge >= 0.3 is 0 Å². The third kappa shape index (κ3) is 3.63. The van der Waals surface area contributed by atoms with E-state index >= 15 is 0 Å². The van der Waals surface area contributed by atoms with Gasteiger partial charge in [-0.05, 0) is 54.8 Å². The Morgan fingerprint density at radius 1 is 1.24 bits per heavy atom. The van der Waals surface area contributed by atoms with Crippen LogP contribution >= 0.6 is 15.9 Å². The molecule has 1 N–H and O–H groups in total. The highest BCUT2D eigenvalue weighted by Gasteiger charge is 2.21. The molecule has 0 heterocycles. The van der Waals surface area contributed by atoms with E-state index in [4.69, 9.17) is 0 Å². The number of benzene rings is 2. The number of rotatable bonds is 5. The van der Waals surface area contributed by atoms with Crippen LogP contribution in [-0.2, 0) is 6.54 Å². The summed E-state index contributed by atoms with van der Waals surface area (Å²) in [5.41, 5.74) is 3.16. The van der Waals surface area contributed by atoms with Gasteiger partial charge in [0.25, 0.3) is 0 Å². The van der Waals surface area contributed by atoms with E-state index in [-0.39, 0.29) is 5.82 Å². The zero-order chi connectivity index (χ0) is 14.8. The highest BCUT2D eigenvalue weighted by molar-refractivity contribution is 9.10. The normalized spacial score (nSPS) is 14.2. The first-order valence-corrected chi connectivity index (χ1v) is 7.94. The van der Waals surface area contributed by atoms with E-state index in [1.807, 2.05) is 24.1 Å². The molecule has 0 unspecified atom stereocenters. The molecule has 21 heavy (non-hydrogen) atoms. The molecule has 1 fully saturated rings. The molecule has 0 radical (unpaired) electrons. The van der Waals surface area contributed by atoms with Gasteiger partial charge in [-0.1, -0.05) is 22.0 Å². The van der Waals surface area contributed by atoms with Crippen LogP contribution in [0.25, 0.3) is 0 Å². The first-order chi connectivity index (χ1) is 10.1. The molecule has 2 nitrogen and oxygen atoms in total. The first kappa shape index (κ1) is 14.5. The molecular formula is C17H18BrFN2. The number of anilines is 2. The lowest BCUT2D eigenvalue weighted by atomic mass is 10.1. The number of nitrogens with one attached hydrogen (secondary N) is 1. The van der Waals surface area contributed by atoms with Gasteiger partial charge in [0.15, 0.2) is 0 Å². The van der Waals surface area contributed by atoms with Crippen molar-refractivity contribution in [3.05, 3.63) is 58.3 Å². The van der Waals surface area contributed by atoms with Crippen molar-refractivity contribution in [3.8, 4) is 0 Å². The lowest BCUT2D eigenvalue weighted by Crippen LogP contribution is -2.19. The largest absolute Gasteiger partial charge is 0.344 e. The standard InChI is InChI=1S/C17H18BrFN2/c1-21(16-4-2-3-14(19)10-16)17-8-5-13(18)9-12(17)11-20-15-6-7-15/h2-5,8-10,15,20H,6-7,11H2,1H3. The SMILES string of the molecule is CN(c1cccc(F)c1)c1ccc(Br)cc1CNC1CC1.